The van der Waals surface area contributed by atoms with E-state index in [1.807, 2.05) is 0 Å². The van der Waals surface area contributed by atoms with Crippen LogP contribution in [0.2, 0.25) is 0 Å². The lowest BCUT2D eigenvalue weighted by Gasteiger charge is -2.45. The molecule has 0 radical (unpaired) electrons. The average Bonchev–Trinajstić information content (AvgIpc) is 3.10. The molecule has 268 valence electrons. The number of rotatable bonds is 14. The fourth-order valence-corrected chi connectivity index (χ4v) is 5.13. The molecule has 0 bridgehead atoms. The van der Waals surface area contributed by atoms with E-state index in [1.54, 1.807) is 12.1 Å². The summed E-state index contributed by atoms with van der Waals surface area (Å²) >= 11 is 0. The number of hydrogen-bond donors (Lipinski definition) is 8. The molecule has 4 rings (SSSR count). The lowest BCUT2D eigenvalue weighted by atomic mass is 9.97. The summed E-state index contributed by atoms with van der Waals surface area (Å²) in [7, 11) is 2.73. The number of phenols is 1. The Hall–Kier alpha value is -3.94. The Bertz CT molecular complexity index is 1490. The number of aromatic hydroxyl groups is 1. The number of carbonyl (C=O) groups is 2. The van der Waals surface area contributed by atoms with Crippen molar-refractivity contribution in [3.05, 3.63) is 59.7 Å². The van der Waals surface area contributed by atoms with Gasteiger partial charge in [-0.05, 0) is 47.5 Å². The summed E-state index contributed by atoms with van der Waals surface area (Å²) < 4.78 is 32.7. The molecule has 0 saturated carbocycles. The third kappa shape index (κ3) is 9.20. The van der Waals surface area contributed by atoms with E-state index in [4.69, 9.17) is 28.4 Å². The van der Waals surface area contributed by atoms with Gasteiger partial charge in [-0.3, -0.25) is 9.59 Å². The van der Waals surface area contributed by atoms with Crippen LogP contribution in [0, 0.1) is 0 Å². The zero-order chi connectivity index (χ0) is 35.8. The molecule has 2 aliphatic heterocycles. The molecule has 2 aliphatic rings. The van der Waals surface area contributed by atoms with E-state index in [9.17, 15) is 50.4 Å². The molecule has 2 aromatic rings. The van der Waals surface area contributed by atoms with Gasteiger partial charge in [0.2, 0.25) is 6.29 Å². The van der Waals surface area contributed by atoms with Gasteiger partial charge in [0.15, 0.2) is 40.9 Å². The van der Waals surface area contributed by atoms with Crippen molar-refractivity contribution in [2.45, 2.75) is 67.8 Å². The first-order valence-electron chi connectivity index (χ1n) is 15.1. The van der Waals surface area contributed by atoms with Crippen molar-refractivity contribution in [3.63, 3.8) is 0 Å². The van der Waals surface area contributed by atoms with E-state index in [1.165, 1.54) is 62.8 Å². The van der Waals surface area contributed by atoms with Crippen molar-refractivity contribution in [3.8, 4) is 23.0 Å². The van der Waals surface area contributed by atoms with Crippen LogP contribution in [0.3, 0.4) is 0 Å². The predicted molar refractivity (Wildman–Crippen MR) is 167 cm³/mol. The standard InChI is InChI=1S/C33H40O16/c1-44-22-11-16(5-9-20(22)38)3-7-18(36)13-19(37)8-4-17-6-10-21(23(12-17)45-2)46-32-30(43)28(41)31(25(15-35)48-32)49-33-29(42)27(40)26(39)24(14-34)47-33/h3-12,24-35,38-43H,13-15H2,1-2H3/b7-3+,8-4+/t24-,25-,26-,27+,28-,29-,30-,31-,32?,33-/m1/s1. The quantitative estimate of drug-likeness (QED) is 0.0843. The van der Waals surface area contributed by atoms with Gasteiger partial charge >= 0.3 is 0 Å². The molecular weight excluding hydrogens is 652 g/mol. The lowest BCUT2D eigenvalue weighted by molar-refractivity contribution is -0.352. The Balaban J connectivity index is 1.37. The first-order chi connectivity index (χ1) is 23.4. The van der Waals surface area contributed by atoms with Gasteiger partial charge in [0.05, 0.1) is 33.9 Å². The molecule has 49 heavy (non-hydrogen) atoms. The number of ketones is 2. The van der Waals surface area contributed by atoms with E-state index in [0.29, 0.717) is 11.1 Å². The van der Waals surface area contributed by atoms with E-state index in [0.717, 1.165) is 0 Å². The Morgan fingerprint density at radius 2 is 1.24 bits per heavy atom. The van der Waals surface area contributed by atoms with Gasteiger partial charge in [0, 0.05) is 0 Å². The molecule has 8 N–H and O–H groups in total. The van der Waals surface area contributed by atoms with Crippen LogP contribution in [0.15, 0.2) is 48.6 Å². The first kappa shape index (κ1) is 37.9. The third-order valence-corrected chi connectivity index (χ3v) is 7.87. The van der Waals surface area contributed by atoms with Crippen LogP contribution in [0.1, 0.15) is 17.5 Å². The minimum absolute atomic E-state index is 0.0483. The van der Waals surface area contributed by atoms with Crippen LogP contribution >= 0.6 is 0 Å². The molecule has 2 saturated heterocycles. The van der Waals surface area contributed by atoms with Crippen LogP contribution in [-0.4, -0.2) is 141 Å². The van der Waals surface area contributed by atoms with Crippen molar-refractivity contribution < 1.29 is 78.9 Å². The van der Waals surface area contributed by atoms with Crippen LogP contribution in [0.5, 0.6) is 23.0 Å². The molecule has 1 unspecified atom stereocenters. The summed E-state index contributed by atoms with van der Waals surface area (Å²) in [5.41, 5.74) is 1.08. The average molecular weight is 693 g/mol. The van der Waals surface area contributed by atoms with Gasteiger partial charge in [-0.25, -0.2) is 0 Å². The minimum Gasteiger partial charge on any atom is -0.504 e. The zero-order valence-corrected chi connectivity index (χ0v) is 26.5. The van der Waals surface area contributed by atoms with E-state index in [-0.39, 0.29) is 23.0 Å². The van der Waals surface area contributed by atoms with E-state index >= 15 is 0 Å². The third-order valence-electron chi connectivity index (χ3n) is 7.87. The SMILES string of the molecule is COc1cc(/C=C/C(=O)CC(=O)/C=C/c2ccc(OC3O[C@H](CO)[C@@H](O[C@H]4O[C@H](CO)[C@@H](O)[C@H](O)[C@H]4O)[C@H](O)[C@H]3O)c(OC)c2)ccc1O. The van der Waals surface area contributed by atoms with Crippen LogP contribution in [-0.2, 0) is 23.8 Å². The molecule has 2 fully saturated rings. The molecule has 0 aromatic heterocycles. The number of allylic oxidation sites excluding steroid dienone is 2. The monoisotopic (exact) mass is 692 g/mol. The number of aliphatic hydroxyl groups excluding tert-OH is 7. The molecule has 0 amide bonds. The van der Waals surface area contributed by atoms with Crippen molar-refractivity contribution in [2.24, 2.45) is 0 Å². The fourth-order valence-electron chi connectivity index (χ4n) is 5.13. The minimum atomic E-state index is -1.80. The smallest absolute Gasteiger partial charge is 0.229 e. The maximum Gasteiger partial charge on any atom is 0.229 e. The second-order valence-electron chi connectivity index (χ2n) is 11.2. The summed E-state index contributed by atoms with van der Waals surface area (Å²) in [6.45, 7) is -1.47. The van der Waals surface area contributed by atoms with Crippen LogP contribution in [0.4, 0.5) is 0 Å². The number of phenolic OH excluding ortho intramolecular Hbond substituents is 1. The summed E-state index contributed by atoms with van der Waals surface area (Å²) in [6.07, 6.45) is -11.1. The second kappa shape index (κ2) is 17.1. The summed E-state index contributed by atoms with van der Waals surface area (Å²) in [5, 5.41) is 81.1. The molecule has 2 heterocycles. The Morgan fingerprint density at radius 1 is 0.694 bits per heavy atom. The van der Waals surface area contributed by atoms with Gasteiger partial charge in [0.25, 0.3) is 0 Å². The topological polar surface area (TPSA) is 251 Å². The zero-order valence-electron chi connectivity index (χ0n) is 26.5. The van der Waals surface area contributed by atoms with Gasteiger partial charge in [-0.15, -0.1) is 0 Å². The predicted octanol–water partition coefficient (Wildman–Crippen LogP) is -1.33. The number of ether oxygens (including phenoxy) is 6. The normalized spacial score (nSPS) is 30.4. The Labute approximate surface area is 280 Å². The highest BCUT2D eigenvalue weighted by atomic mass is 16.7. The van der Waals surface area contributed by atoms with Crippen molar-refractivity contribution >= 4 is 23.7 Å². The maximum absolute atomic E-state index is 12.4. The molecule has 2 aromatic carbocycles. The summed E-state index contributed by atoms with van der Waals surface area (Å²) in [6, 6.07) is 9.02. The van der Waals surface area contributed by atoms with Gasteiger partial charge in [-0.1, -0.05) is 24.3 Å². The van der Waals surface area contributed by atoms with Crippen LogP contribution < -0.4 is 14.2 Å². The van der Waals surface area contributed by atoms with Crippen LogP contribution in [0.25, 0.3) is 12.2 Å². The molecule has 0 aliphatic carbocycles. The number of hydrogen-bond acceptors (Lipinski definition) is 16. The molecule has 16 heteroatoms. The van der Waals surface area contributed by atoms with E-state index < -0.39 is 92.6 Å². The van der Waals surface area contributed by atoms with Gasteiger partial charge < -0.3 is 69.3 Å². The number of methoxy groups -OCH3 is 2. The van der Waals surface area contributed by atoms with Crippen molar-refractivity contribution in [1.29, 1.82) is 0 Å². The lowest BCUT2D eigenvalue weighted by Crippen LogP contribution is -2.65. The highest BCUT2D eigenvalue weighted by molar-refractivity contribution is 6.10. The largest absolute Gasteiger partial charge is 0.504 e. The highest BCUT2D eigenvalue weighted by Crippen LogP contribution is 2.34. The Morgan fingerprint density at radius 3 is 1.84 bits per heavy atom. The molecule has 10 atom stereocenters. The van der Waals surface area contributed by atoms with Crippen molar-refractivity contribution in [2.75, 3.05) is 27.4 Å². The number of benzene rings is 2. The molecule has 16 nitrogen and oxygen atoms in total. The summed E-state index contributed by atoms with van der Waals surface area (Å²) in [5.74, 6) is -0.531. The van der Waals surface area contributed by atoms with E-state index in [2.05, 4.69) is 0 Å². The van der Waals surface area contributed by atoms with Gasteiger partial charge in [-0.2, -0.15) is 0 Å². The molecular formula is C33H40O16. The highest BCUT2D eigenvalue weighted by Gasteiger charge is 2.51. The molecule has 0 spiro atoms. The number of aliphatic hydroxyl groups is 7. The first-order valence-corrected chi connectivity index (χ1v) is 15.1. The fraction of sp³-hybridized carbons (Fsp3) is 0.455. The second-order valence-corrected chi connectivity index (χ2v) is 11.2. The Kier molecular flexibility index (Phi) is 13.2. The van der Waals surface area contributed by atoms with Crippen molar-refractivity contribution in [1.82, 2.24) is 0 Å². The maximum atomic E-state index is 12.4. The summed E-state index contributed by atoms with van der Waals surface area (Å²) in [4.78, 5) is 24.7. The van der Waals surface area contributed by atoms with Gasteiger partial charge in [0.1, 0.15) is 48.8 Å². The number of carbonyl (C=O) groups excluding carboxylic acids is 2.